The van der Waals surface area contributed by atoms with E-state index in [1.54, 1.807) is 30.0 Å². The van der Waals surface area contributed by atoms with Crippen LogP contribution in [0.25, 0.3) is 0 Å². The summed E-state index contributed by atoms with van der Waals surface area (Å²) in [4.78, 5) is 23.0. The molecule has 0 spiro atoms. The fourth-order valence-corrected chi connectivity index (χ4v) is 6.15. The van der Waals surface area contributed by atoms with E-state index in [0.717, 1.165) is 16.5 Å². The van der Waals surface area contributed by atoms with Crippen LogP contribution < -0.4 is 4.90 Å². The summed E-state index contributed by atoms with van der Waals surface area (Å²) in [5, 5.41) is 3.46. The van der Waals surface area contributed by atoms with Gasteiger partial charge >= 0.3 is 0 Å². The van der Waals surface area contributed by atoms with Crippen LogP contribution in [0, 0.1) is 19.7 Å². The number of carbonyl (C=O) groups is 1. The lowest BCUT2D eigenvalue weighted by atomic mass is 9.95. The summed E-state index contributed by atoms with van der Waals surface area (Å²) in [5.41, 5.74) is 3.41. The second-order valence-electron chi connectivity index (χ2n) is 7.94. The van der Waals surface area contributed by atoms with Crippen molar-refractivity contribution in [3.8, 4) is 0 Å². The van der Waals surface area contributed by atoms with Crippen molar-refractivity contribution in [2.24, 2.45) is 0 Å². The largest absolute Gasteiger partial charge is 0.320 e. The van der Waals surface area contributed by atoms with Gasteiger partial charge in [0, 0.05) is 29.8 Å². The number of halogens is 1. The first-order chi connectivity index (χ1) is 15.0. The van der Waals surface area contributed by atoms with Gasteiger partial charge in [-0.3, -0.25) is 9.69 Å². The van der Waals surface area contributed by atoms with Gasteiger partial charge in [0.2, 0.25) is 5.91 Å². The number of nitrogens with zero attached hydrogens (tertiary/aromatic N) is 4. The van der Waals surface area contributed by atoms with Crippen LogP contribution in [0.2, 0.25) is 0 Å². The van der Waals surface area contributed by atoms with Crippen LogP contribution in [0.5, 0.6) is 0 Å². The molecule has 164 valence electrons. The minimum absolute atomic E-state index is 0.225. The van der Waals surface area contributed by atoms with E-state index in [1.165, 1.54) is 67.0 Å². The molecule has 1 saturated carbocycles. The van der Waals surface area contributed by atoms with E-state index in [2.05, 4.69) is 23.4 Å². The Morgan fingerprint density at radius 2 is 1.97 bits per heavy atom. The fraction of sp³-hybridized carbons (Fsp3) is 0.435. The van der Waals surface area contributed by atoms with Crippen LogP contribution in [-0.2, 0) is 10.5 Å². The molecule has 8 heteroatoms. The van der Waals surface area contributed by atoms with E-state index >= 15 is 0 Å². The van der Waals surface area contributed by atoms with Crippen LogP contribution in [0.3, 0.4) is 0 Å². The van der Waals surface area contributed by atoms with Crippen molar-refractivity contribution < 1.29 is 9.18 Å². The molecule has 1 amide bonds. The summed E-state index contributed by atoms with van der Waals surface area (Å²) in [7, 11) is 0. The van der Waals surface area contributed by atoms with Gasteiger partial charge in [-0.15, -0.1) is 11.3 Å². The van der Waals surface area contributed by atoms with Gasteiger partial charge in [0.05, 0.1) is 17.1 Å². The van der Waals surface area contributed by atoms with Crippen LogP contribution >= 0.6 is 23.1 Å². The van der Waals surface area contributed by atoms with Crippen molar-refractivity contribution in [2.75, 3.05) is 4.90 Å². The second-order valence-corrected chi connectivity index (χ2v) is 9.72. The topological polar surface area (TPSA) is 51.0 Å². The van der Waals surface area contributed by atoms with E-state index in [0.29, 0.717) is 16.9 Å². The Morgan fingerprint density at radius 1 is 1.23 bits per heavy atom. The first kappa shape index (κ1) is 22.0. The minimum Gasteiger partial charge on any atom is -0.320 e. The van der Waals surface area contributed by atoms with Crippen LogP contribution in [0.15, 0.2) is 34.8 Å². The minimum atomic E-state index is -0.440. The third-order valence-electron chi connectivity index (χ3n) is 5.78. The molecule has 4 rings (SSSR count). The number of aryl methyl sites for hydroxylation is 1. The predicted octanol–water partition coefficient (Wildman–Crippen LogP) is 6.58. The highest BCUT2D eigenvalue weighted by atomic mass is 32.2. The lowest BCUT2D eigenvalue weighted by Gasteiger charge is -2.26. The van der Waals surface area contributed by atoms with Crippen molar-refractivity contribution in [2.45, 2.75) is 69.8 Å². The molecule has 3 aromatic rings. The van der Waals surface area contributed by atoms with Gasteiger partial charge in [-0.1, -0.05) is 43.2 Å². The van der Waals surface area contributed by atoms with E-state index in [1.807, 2.05) is 5.38 Å². The molecule has 1 aromatic carbocycles. The molecule has 1 aliphatic rings. The van der Waals surface area contributed by atoms with Crippen molar-refractivity contribution in [3.63, 3.8) is 0 Å². The van der Waals surface area contributed by atoms with Crippen LogP contribution in [-0.4, -0.2) is 20.4 Å². The number of para-hydroxylation sites is 1. The first-order valence-corrected chi connectivity index (χ1v) is 12.5. The Labute approximate surface area is 190 Å². The van der Waals surface area contributed by atoms with Crippen molar-refractivity contribution in [1.29, 1.82) is 0 Å². The highest BCUT2D eigenvalue weighted by Gasteiger charge is 2.23. The number of carbonyl (C=O) groups excluding carboxylic acids is 1. The molecule has 0 radical (unpaired) electrons. The maximum Gasteiger partial charge on any atom is 0.230 e. The van der Waals surface area contributed by atoms with Gasteiger partial charge in [-0.05, 0) is 38.8 Å². The summed E-state index contributed by atoms with van der Waals surface area (Å²) in [5.74, 6) is -0.0516. The average molecular weight is 459 g/mol. The lowest BCUT2D eigenvalue weighted by molar-refractivity contribution is -0.115. The highest BCUT2D eigenvalue weighted by Crippen LogP contribution is 2.36. The number of imidazole rings is 1. The molecule has 2 heterocycles. The highest BCUT2D eigenvalue weighted by molar-refractivity contribution is 7.98. The molecule has 0 aliphatic heterocycles. The standard InChI is InChI=1S/C23H27FN4OS2/c1-15-16(2)27(19-9-5-4-6-10-19)22(25-15)30-13-18-14-31-23(26-18)28(17(3)29)21-12-8-7-11-20(21)24/h7-8,11-12,14,19H,4-6,9-10,13H2,1-3H3. The van der Waals surface area contributed by atoms with Crippen molar-refractivity contribution >= 4 is 39.8 Å². The summed E-state index contributed by atoms with van der Waals surface area (Å²) < 4.78 is 16.7. The number of benzene rings is 1. The van der Waals surface area contributed by atoms with Gasteiger partial charge in [0.1, 0.15) is 5.82 Å². The van der Waals surface area contributed by atoms with Gasteiger partial charge in [0.15, 0.2) is 10.3 Å². The molecule has 5 nitrogen and oxygen atoms in total. The molecule has 2 aromatic heterocycles. The van der Waals surface area contributed by atoms with E-state index in [9.17, 15) is 9.18 Å². The Morgan fingerprint density at radius 3 is 2.68 bits per heavy atom. The monoisotopic (exact) mass is 458 g/mol. The van der Waals surface area contributed by atoms with Crippen molar-refractivity contribution in [1.82, 2.24) is 14.5 Å². The third kappa shape index (κ3) is 4.70. The molecular formula is C23H27FN4OS2. The number of thiazole rings is 1. The number of rotatable bonds is 6. The van der Waals surface area contributed by atoms with Gasteiger partial charge in [0.25, 0.3) is 0 Å². The average Bonchev–Trinajstić information content (AvgIpc) is 3.33. The fourth-order valence-electron chi connectivity index (χ4n) is 4.11. The van der Waals surface area contributed by atoms with Crippen molar-refractivity contribution in [3.05, 3.63) is 52.5 Å². The molecule has 31 heavy (non-hydrogen) atoms. The molecule has 0 unspecified atom stereocenters. The summed E-state index contributed by atoms with van der Waals surface area (Å²) in [6.07, 6.45) is 6.29. The molecule has 0 N–H and O–H groups in total. The summed E-state index contributed by atoms with van der Waals surface area (Å²) in [6.45, 7) is 5.65. The molecule has 1 fully saturated rings. The number of thioether (sulfide) groups is 1. The normalized spacial score (nSPS) is 14.7. The Kier molecular flexibility index (Phi) is 6.77. The zero-order chi connectivity index (χ0) is 22.0. The smallest absolute Gasteiger partial charge is 0.230 e. The van der Waals surface area contributed by atoms with Gasteiger partial charge < -0.3 is 4.57 Å². The molecule has 0 bridgehead atoms. The third-order valence-corrected chi connectivity index (χ3v) is 7.64. The number of aromatic nitrogens is 3. The molecule has 0 atom stereocenters. The number of anilines is 2. The van der Waals surface area contributed by atoms with Crippen LogP contribution in [0.4, 0.5) is 15.2 Å². The maximum absolute atomic E-state index is 14.3. The number of hydrogen-bond donors (Lipinski definition) is 0. The lowest BCUT2D eigenvalue weighted by Crippen LogP contribution is -2.23. The Balaban J connectivity index is 1.53. The van der Waals surface area contributed by atoms with Crippen LogP contribution in [0.1, 0.15) is 62.2 Å². The molecule has 0 saturated heterocycles. The SMILES string of the molecule is CC(=O)N(c1nc(CSc2nc(C)c(C)n2C2CCCCC2)cs1)c1ccccc1F. The Bertz CT molecular complexity index is 1070. The Hall–Kier alpha value is -2.19. The summed E-state index contributed by atoms with van der Waals surface area (Å²) in [6, 6.07) is 6.80. The molecule has 1 aliphatic carbocycles. The number of amides is 1. The maximum atomic E-state index is 14.3. The second kappa shape index (κ2) is 9.53. The van der Waals surface area contributed by atoms with E-state index < -0.39 is 5.82 Å². The zero-order valence-corrected chi connectivity index (χ0v) is 19.7. The molecular weight excluding hydrogens is 431 g/mol. The van der Waals surface area contributed by atoms with Gasteiger partial charge in [-0.2, -0.15) is 0 Å². The van der Waals surface area contributed by atoms with Gasteiger partial charge in [-0.25, -0.2) is 14.4 Å². The summed E-state index contributed by atoms with van der Waals surface area (Å²) >= 11 is 3.03. The predicted molar refractivity (Wildman–Crippen MR) is 125 cm³/mol. The number of hydrogen-bond acceptors (Lipinski definition) is 5. The van der Waals surface area contributed by atoms with E-state index in [-0.39, 0.29) is 11.6 Å². The zero-order valence-electron chi connectivity index (χ0n) is 18.1. The quantitative estimate of drug-likeness (QED) is 0.392. The van der Waals surface area contributed by atoms with E-state index in [4.69, 9.17) is 4.98 Å². The first-order valence-electron chi connectivity index (χ1n) is 10.6.